The van der Waals surface area contributed by atoms with Crippen molar-refractivity contribution in [3.05, 3.63) is 24.3 Å². The first-order chi connectivity index (χ1) is 6.64. The molecule has 0 aliphatic rings. The molecule has 0 aliphatic heterocycles. The molecule has 1 heterocycles. The Morgan fingerprint density at radius 2 is 2.07 bits per heavy atom. The topological polar surface area (TPSA) is 55.2 Å². The van der Waals surface area contributed by atoms with Crippen LogP contribution in [0.2, 0.25) is 0 Å². The Hall–Kier alpha value is -1.00. The van der Waals surface area contributed by atoms with Gasteiger partial charge in [-0.05, 0) is 13.3 Å². The Bertz CT molecular complexity index is 273. The first-order valence-corrected chi connectivity index (χ1v) is 4.62. The second-order valence-corrected chi connectivity index (χ2v) is 3.44. The van der Waals surface area contributed by atoms with Gasteiger partial charge in [-0.25, -0.2) is 9.97 Å². The van der Waals surface area contributed by atoms with Gasteiger partial charge in [0.15, 0.2) is 0 Å². The lowest BCUT2D eigenvalue weighted by Crippen LogP contribution is -2.34. The van der Waals surface area contributed by atoms with E-state index in [2.05, 4.69) is 9.97 Å². The summed E-state index contributed by atoms with van der Waals surface area (Å²) in [6.45, 7) is 3.83. The molecule has 0 spiro atoms. The molecule has 0 saturated carbocycles. The third kappa shape index (κ3) is 2.08. The van der Waals surface area contributed by atoms with E-state index in [1.165, 1.54) is 6.33 Å². The molecule has 0 aromatic carbocycles. The van der Waals surface area contributed by atoms with Crippen LogP contribution in [0.5, 0.6) is 0 Å². The molecule has 1 N–H and O–H groups in total. The summed E-state index contributed by atoms with van der Waals surface area (Å²) in [7, 11) is 1.59. The maximum atomic E-state index is 10.0. The molecule has 0 saturated heterocycles. The van der Waals surface area contributed by atoms with Crippen molar-refractivity contribution in [2.75, 3.05) is 7.11 Å². The van der Waals surface area contributed by atoms with Crippen molar-refractivity contribution in [2.24, 2.45) is 0 Å². The third-order valence-corrected chi connectivity index (χ3v) is 2.64. The fourth-order valence-electron chi connectivity index (χ4n) is 1.25. The van der Waals surface area contributed by atoms with Gasteiger partial charge in [-0.1, -0.05) is 6.92 Å². The van der Waals surface area contributed by atoms with Gasteiger partial charge in [0, 0.05) is 25.1 Å². The number of aromatic nitrogens is 2. The predicted octanol–water partition coefficient (Wildman–Crippen LogP) is 1.33. The summed E-state index contributed by atoms with van der Waals surface area (Å²) in [6.07, 6.45) is 4.67. The Labute approximate surface area is 84.0 Å². The Balaban J connectivity index is 2.89. The van der Waals surface area contributed by atoms with Crippen LogP contribution >= 0.6 is 0 Å². The highest BCUT2D eigenvalue weighted by atomic mass is 16.5. The number of methoxy groups -OCH3 is 1. The minimum absolute atomic E-state index is 0.579. The van der Waals surface area contributed by atoms with Gasteiger partial charge >= 0.3 is 0 Å². The maximum Gasteiger partial charge on any atom is 0.115 e. The van der Waals surface area contributed by atoms with E-state index in [1.54, 1.807) is 19.5 Å². The number of hydrogen-bond acceptors (Lipinski definition) is 4. The van der Waals surface area contributed by atoms with E-state index >= 15 is 0 Å². The van der Waals surface area contributed by atoms with Crippen molar-refractivity contribution in [3.8, 4) is 0 Å². The van der Waals surface area contributed by atoms with Crippen molar-refractivity contribution < 1.29 is 9.84 Å². The molecule has 0 aliphatic carbocycles. The average molecular weight is 196 g/mol. The van der Waals surface area contributed by atoms with Crippen LogP contribution in [0.1, 0.15) is 31.9 Å². The smallest absolute Gasteiger partial charge is 0.115 e. The van der Waals surface area contributed by atoms with Gasteiger partial charge in [0.05, 0.1) is 5.60 Å². The predicted molar refractivity (Wildman–Crippen MR) is 52.7 cm³/mol. The van der Waals surface area contributed by atoms with Crippen molar-refractivity contribution >= 4 is 0 Å². The van der Waals surface area contributed by atoms with Gasteiger partial charge in [0.25, 0.3) is 0 Å². The summed E-state index contributed by atoms with van der Waals surface area (Å²) in [6, 6.07) is 0. The zero-order valence-electron chi connectivity index (χ0n) is 8.77. The molecule has 2 unspecified atom stereocenters. The van der Waals surface area contributed by atoms with Crippen LogP contribution in [0.3, 0.4) is 0 Å². The second kappa shape index (κ2) is 4.48. The van der Waals surface area contributed by atoms with Crippen LogP contribution in [0.4, 0.5) is 0 Å². The lowest BCUT2D eigenvalue weighted by Gasteiger charge is -2.31. The molecular weight excluding hydrogens is 180 g/mol. The molecule has 1 aromatic rings. The first kappa shape index (κ1) is 11.1. The van der Waals surface area contributed by atoms with Crippen LogP contribution in [0, 0.1) is 0 Å². The van der Waals surface area contributed by atoms with Gasteiger partial charge < -0.3 is 9.84 Å². The molecule has 4 heteroatoms. The zero-order valence-corrected chi connectivity index (χ0v) is 8.77. The van der Waals surface area contributed by atoms with Crippen LogP contribution in [-0.4, -0.2) is 27.8 Å². The third-order valence-electron chi connectivity index (χ3n) is 2.64. The number of ether oxygens (including phenoxy) is 1. The Morgan fingerprint density at radius 1 is 1.50 bits per heavy atom. The summed E-state index contributed by atoms with van der Waals surface area (Å²) in [5.41, 5.74) is 0.101. The summed E-state index contributed by atoms with van der Waals surface area (Å²) >= 11 is 0. The van der Waals surface area contributed by atoms with Crippen molar-refractivity contribution in [2.45, 2.75) is 32.0 Å². The van der Waals surface area contributed by atoms with E-state index in [9.17, 15) is 5.11 Å². The number of rotatable bonds is 4. The minimum atomic E-state index is -0.696. The Kier molecular flexibility index (Phi) is 3.55. The fraction of sp³-hybridized carbons (Fsp3) is 0.600. The van der Waals surface area contributed by atoms with Crippen LogP contribution < -0.4 is 0 Å². The minimum Gasteiger partial charge on any atom is -0.385 e. The lowest BCUT2D eigenvalue weighted by molar-refractivity contribution is -0.0946. The highest BCUT2D eigenvalue weighted by molar-refractivity contribution is 5.11. The van der Waals surface area contributed by atoms with E-state index in [0.29, 0.717) is 5.56 Å². The van der Waals surface area contributed by atoms with Gasteiger partial charge in [-0.15, -0.1) is 0 Å². The SMILES string of the molecule is CCC(C)(OC)C(O)c1cncnc1. The highest BCUT2D eigenvalue weighted by Crippen LogP contribution is 2.30. The molecule has 4 nitrogen and oxygen atoms in total. The number of aliphatic hydroxyl groups is 1. The van der Waals surface area contributed by atoms with Gasteiger partial charge in [-0.3, -0.25) is 0 Å². The summed E-state index contributed by atoms with van der Waals surface area (Å²) in [5, 5.41) is 10.0. The maximum absolute atomic E-state index is 10.0. The van der Waals surface area contributed by atoms with Gasteiger partial charge in [0.2, 0.25) is 0 Å². The molecule has 1 aromatic heterocycles. The average Bonchev–Trinajstić information content (AvgIpc) is 2.28. The molecule has 0 amide bonds. The number of hydrogen-bond donors (Lipinski definition) is 1. The largest absolute Gasteiger partial charge is 0.385 e. The molecule has 2 atom stereocenters. The van der Waals surface area contributed by atoms with Crippen LogP contribution in [0.25, 0.3) is 0 Å². The molecule has 0 fully saturated rings. The molecular formula is C10H16N2O2. The van der Waals surface area contributed by atoms with Gasteiger partial charge in [-0.2, -0.15) is 0 Å². The fourth-order valence-corrected chi connectivity index (χ4v) is 1.25. The van der Waals surface area contributed by atoms with Crippen molar-refractivity contribution in [1.82, 2.24) is 9.97 Å². The second-order valence-electron chi connectivity index (χ2n) is 3.44. The summed E-state index contributed by atoms with van der Waals surface area (Å²) in [4.78, 5) is 7.72. The van der Waals surface area contributed by atoms with Crippen LogP contribution in [-0.2, 0) is 4.74 Å². The van der Waals surface area contributed by atoms with E-state index in [4.69, 9.17) is 4.74 Å². The van der Waals surface area contributed by atoms with E-state index in [1.807, 2.05) is 13.8 Å². The summed E-state index contributed by atoms with van der Waals surface area (Å²) in [5.74, 6) is 0. The normalized spacial score (nSPS) is 17.4. The standard InChI is InChI=1S/C10H16N2O2/c1-4-10(2,14-3)9(13)8-5-11-7-12-6-8/h5-7,9,13H,4H2,1-3H3. The molecule has 0 radical (unpaired) electrons. The van der Waals surface area contributed by atoms with Crippen LogP contribution in [0.15, 0.2) is 18.7 Å². The molecule has 1 rings (SSSR count). The molecule has 14 heavy (non-hydrogen) atoms. The first-order valence-electron chi connectivity index (χ1n) is 4.62. The molecule has 0 bridgehead atoms. The lowest BCUT2D eigenvalue weighted by atomic mass is 9.92. The highest BCUT2D eigenvalue weighted by Gasteiger charge is 2.32. The number of aliphatic hydroxyl groups excluding tert-OH is 1. The monoisotopic (exact) mass is 196 g/mol. The van der Waals surface area contributed by atoms with E-state index in [0.717, 1.165) is 6.42 Å². The van der Waals surface area contributed by atoms with Crippen molar-refractivity contribution in [1.29, 1.82) is 0 Å². The summed E-state index contributed by atoms with van der Waals surface area (Å²) < 4.78 is 5.30. The van der Waals surface area contributed by atoms with E-state index in [-0.39, 0.29) is 0 Å². The van der Waals surface area contributed by atoms with Crippen molar-refractivity contribution in [3.63, 3.8) is 0 Å². The Morgan fingerprint density at radius 3 is 2.50 bits per heavy atom. The zero-order chi connectivity index (χ0) is 10.6. The molecule has 78 valence electrons. The van der Waals surface area contributed by atoms with E-state index < -0.39 is 11.7 Å². The quantitative estimate of drug-likeness (QED) is 0.789. The van der Waals surface area contributed by atoms with Gasteiger partial charge in [0.1, 0.15) is 12.4 Å². The number of nitrogens with zero attached hydrogens (tertiary/aromatic N) is 2.